The highest BCUT2D eigenvalue weighted by Gasteiger charge is 2.69. The average molecular weight is 596 g/mol. The lowest BCUT2D eigenvalue weighted by Gasteiger charge is -2.43. The molecule has 2 aromatic carbocycles. The fourth-order valence-corrected chi connectivity index (χ4v) is 10.6. The van der Waals surface area contributed by atoms with Gasteiger partial charge in [-0.2, -0.15) is 0 Å². The van der Waals surface area contributed by atoms with Gasteiger partial charge in [-0.25, -0.2) is 0 Å². The third kappa shape index (κ3) is 3.44. The first-order valence-electron chi connectivity index (χ1n) is 12.8. The Hall–Kier alpha value is -2.16. The fraction of sp³-hybridized carbons (Fsp3) is 0.414. The Bertz CT molecular complexity index is 1490. The molecule has 5 unspecified atom stereocenters. The summed E-state index contributed by atoms with van der Waals surface area (Å²) in [6, 6.07) is 16.3. The van der Waals surface area contributed by atoms with Crippen LogP contribution in [0.15, 0.2) is 62.8 Å². The maximum atomic E-state index is 13.8. The van der Waals surface area contributed by atoms with Crippen LogP contribution in [0.5, 0.6) is 0 Å². The highest BCUT2D eigenvalue weighted by Crippen LogP contribution is 2.68. The molecule has 8 heteroatoms. The van der Waals surface area contributed by atoms with Crippen LogP contribution in [0.25, 0.3) is 0 Å². The van der Waals surface area contributed by atoms with Crippen molar-refractivity contribution in [1.29, 1.82) is 0 Å². The number of rotatable bonds is 2. The normalized spacial score (nSPS) is 32.0. The van der Waals surface area contributed by atoms with Crippen LogP contribution in [-0.4, -0.2) is 22.0 Å². The first kappa shape index (κ1) is 23.9. The largest absolute Gasteiger partial charge is 0.307 e. The van der Waals surface area contributed by atoms with E-state index in [2.05, 4.69) is 66.0 Å². The summed E-state index contributed by atoms with van der Waals surface area (Å²) in [6.07, 6.45) is 0.902. The molecule has 0 spiro atoms. The summed E-state index contributed by atoms with van der Waals surface area (Å²) in [5.74, 6) is -0.126. The summed E-state index contributed by atoms with van der Waals surface area (Å²) >= 11 is 6.49. The summed E-state index contributed by atoms with van der Waals surface area (Å²) in [5.41, 5.74) is 3.18. The van der Waals surface area contributed by atoms with Gasteiger partial charge < -0.3 is 4.98 Å². The Kier molecular flexibility index (Phi) is 5.28. The number of nitrogens with one attached hydrogen (secondary N) is 1. The maximum absolute atomic E-state index is 13.8. The molecule has 2 aliphatic heterocycles. The van der Waals surface area contributed by atoms with Gasteiger partial charge >= 0.3 is 4.87 Å². The minimum absolute atomic E-state index is 0.0325. The van der Waals surface area contributed by atoms with Gasteiger partial charge in [0.05, 0.1) is 22.5 Å². The smallest absolute Gasteiger partial charge is 0.305 e. The molecule has 7 rings (SSSR count). The number of aromatic nitrogens is 1. The molecule has 2 aliphatic carbocycles. The lowest BCUT2D eigenvalue weighted by molar-refractivity contribution is -0.123. The molecule has 190 valence electrons. The Morgan fingerprint density at radius 2 is 1.57 bits per heavy atom. The zero-order valence-corrected chi connectivity index (χ0v) is 24.0. The molecule has 3 fully saturated rings. The quantitative estimate of drug-likeness (QED) is 0.360. The molecule has 37 heavy (non-hydrogen) atoms. The molecule has 0 radical (unpaired) electrons. The lowest BCUT2D eigenvalue weighted by Crippen LogP contribution is -2.42. The van der Waals surface area contributed by atoms with Crippen molar-refractivity contribution in [2.24, 2.45) is 29.6 Å². The second kappa shape index (κ2) is 8.17. The van der Waals surface area contributed by atoms with Crippen LogP contribution in [0.2, 0.25) is 0 Å². The number of carbonyl (C=O) groups is 2. The van der Waals surface area contributed by atoms with E-state index in [0.717, 1.165) is 20.8 Å². The van der Waals surface area contributed by atoms with Crippen molar-refractivity contribution >= 4 is 56.5 Å². The highest BCUT2D eigenvalue weighted by atomic mass is 79.9. The first-order valence-corrected chi connectivity index (χ1v) is 15.3. The van der Waals surface area contributed by atoms with Gasteiger partial charge in [0, 0.05) is 20.5 Å². The van der Waals surface area contributed by atoms with Crippen LogP contribution in [0, 0.1) is 29.6 Å². The third-order valence-electron chi connectivity index (χ3n) is 8.94. The van der Waals surface area contributed by atoms with E-state index in [1.807, 2.05) is 24.3 Å². The number of imide groups is 1. The van der Waals surface area contributed by atoms with Crippen LogP contribution < -0.4 is 9.77 Å². The third-order valence-corrected chi connectivity index (χ3v) is 12.1. The Balaban J connectivity index is 1.30. The fourth-order valence-electron chi connectivity index (χ4n) is 7.43. The maximum Gasteiger partial charge on any atom is 0.305 e. The summed E-state index contributed by atoms with van der Waals surface area (Å²) in [6.45, 7) is 6.63. The number of halogens is 1. The van der Waals surface area contributed by atoms with E-state index >= 15 is 0 Å². The van der Waals surface area contributed by atoms with Gasteiger partial charge in [-0.15, -0.1) is 11.8 Å². The molecule has 4 aliphatic rings. The zero-order valence-electron chi connectivity index (χ0n) is 20.7. The van der Waals surface area contributed by atoms with Gasteiger partial charge in [-0.05, 0) is 65.0 Å². The topological polar surface area (TPSA) is 70.2 Å². The van der Waals surface area contributed by atoms with Crippen LogP contribution >= 0.6 is 39.0 Å². The van der Waals surface area contributed by atoms with E-state index in [0.29, 0.717) is 5.69 Å². The average Bonchev–Trinajstić information content (AvgIpc) is 3.58. The number of nitrogens with zero attached hydrogens (tertiary/aromatic N) is 1. The molecule has 2 saturated carbocycles. The number of carbonyl (C=O) groups excluding carboxylic acids is 2. The molecule has 3 aromatic rings. The van der Waals surface area contributed by atoms with Gasteiger partial charge in [0.25, 0.3) is 0 Å². The highest BCUT2D eigenvalue weighted by molar-refractivity contribution is 9.10. The molecule has 1 N–H and O–H groups in total. The predicted octanol–water partition coefficient (Wildman–Crippen LogP) is 6.17. The number of fused-ring (bicyclic) bond motifs is 9. The molecular weight excluding hydrogens is 568 g/mol. The minimum Gasteiger partial charge on any atom is -0.307 e. The van der Waals surface area contributed by atoms with E-state index in [1.165, 1.54) is 27.4 Å². The van der Waals surface area contributed by atoms with E-state index < -0.39 is 0 Å². The molecule has 3 heterocycles. The van der Waals surface area contributed by atoms with Crippen LogP contribution in [-0.2, 0) is 15.0 Å². The van der Waals surface area contributed by atoms with Crippen molar-refractivity contribution in [3.63, 3.8) is 0 Å². The van der Waals surface area contributed by atoms with Gasteiger partial charge in [0.1, 0.15) is 0 Å². The second-order valence-corrected chi connectivity index (χ2v) is 14.9. The SMILES string of the molecule is CC(C)(C)c1ccc(C2c3sc(=O)[nH]c3SC3C2[C@H]2C[C@@H]3C3C(=O)N(c4ccc(Br)cc4)C(=O)C32)cc1. The number of amides is 2. The Morgan fingerprint density at radius 1 is 0.919 bits per heavy atom. The van der Waals surface area contributed by atoms with Gasteiger partial charge in [-0.3, -0.25) is 19.3 Å². The van der Waals surface area contributed by atoms with Crippen LogP contribution in [0.1, 0.15) is 49.1 Å². The summed E-state index contributed by atoms with van der Waals surface area (Å²) in [4.78, 5) is 45.6. The van der Waals surface area contributed by atoms with Gasteiger partial charge in [-0.1, -0.05) is 72.3 Å². The minimum atomic E-state index is -0.281. The zero-order chi connectivity index (χ0) is 25.8. The molecule has 2 amide bonds. The molecule has 2 bridgehead atoms. The van der Waals surface area contributed by atoms with Crippen molar-refractivity contribution < 1.29 is 9.59 Å². The van der Waals surface area contributed by atoms with E-state index in [9.17, 15) is 14.4 Å². The molecule has 1 saturated heterocycles. The van der Waals surface area contributed by atoms with Gasteiger partial charge in [0.2, 0.25) is 11.8 Å². The summed E-state index contributed by atoms with van der Waals surface area (Å²) < 4.78 is 0.915. The number of hydrogen-bond acceptors (Lipinski definition) is 5. The summed E-state index contributed by atoms with van der Waals surface area (Å²) in [7, 11) is 0. The standard InChI is InChI=1S/C29H27BrN2O3S2/c1-29(2,3)14-6-4-13(5-7-14)19-20-17-12-18(23(20)36-25-24(19)37-28(35)31-25)22-21(17)26(33)32(27(22)34)16-10-8-15(30)9-11-16/h4-11,17-23H,12H2,1-3H3,(H,31,35)/t17-,18-,19?,20?,21?,22?,23?/m1/s1. The second-order valence-electron chi connectivity index (χ2n) is 11.8. The number of thiazole rings is 1. The van der Waals surface area contributed by atoms with Crippen molar-refractivity contribution in [3.05, 3.63) is 78.7 Å². The van der Waals surface area contributed by atoms with E-state index in [1.54, 1.807) is 11.8 Å². The Morgan fingerprint density at radius 3 is 2.22 bits per heavy atom. The summed E-state index contributed by atoms with van der Waals surface area (Å²) in [5, 5.41) is 1.16. The predicted molar refractivity (Wildman–Crippen MR) is 150 cm³/mol. The van der Waals surface area contributed by atoms with Gasteiger partial charge in [0.15, 0.2) is 0 Å². The van der Waals surface area contributed by atoms with E-state index in [4.69, 9.17) is 0 Å². The number of H-pyrrole nitrogens is 1. The first-order chi connectivity index (χ1) is 17.6. The number of benzene rings is 2. The number of aromatic amines is 1. The number of anilines is 1. The molecule has 5 nitrogen and oxygen atoms in total. The van der Waals surface area contributed by atoms with E-state index in [-0.39, 0.29) is 62.9 Å². The number of thioether (sulfide) groups is 1. The lowest BCUT2D eigenvalue weighted by atomic mass is 9.68. The molecule has 7 atom stereocenters. The van der Waals surface area contributed by atoms with Crippen molar-refractivity contribution in [2.45, 2.75) is 48.8 Å². The Labute approximate surface area is 232 Å². The van der Waals surface area contributed by atoms with Crippen molar-refractivity contribution in [3.8, 4) is 0 Å². The van der Waals surface area contributed by atoms with Crippen molar-refractivity contribution in [2.75, 3.05) is 4.90 Å². The molecular formula is C29H27BrN2O3S2. The van der Waals surface area contributed by atoms with Crippen LogP contribution in [0.4, 0.5) is 5.69 Å². The van der Waals surface area contributed by atoms with Crippen LogP contribution in [0.3, 0.4) is 0 Å². The molecule has 1 aromatic heterocycles. The monoisotopic (exact) mass is 594 g/mol. The number of hydrogen-bond donors (Lipinski definition) is 1. The van der Waals surface area contributed by atoms with Crippen molar-refractivity contribution in [1.82, 2.24) is 4.98 Å².